The zero-order valence-corrected chi connectivity index (χ0v) is 12.5. The summed E-state index contributed by atoms with van der Waals surface area (Å²) in [6.07, 6.45) is 1.29. The lowest BCUT2D eigenvalue weighted by molar-refractivity contribution is 0.264. The number of rotatable bonds is 6. The Hall–Kier alpha value is -0.900. The Morgan fingerprint density at radius 2 is 2.00 bits per heavy atom. The molecule has 1 saturated heterocycles. The third-order valence-corrected chi connectivity index (χ3v) is 4.06. The highest BCUT2D eigenvalue weighted by molar-refractivity contribution is 5.27. The minimum Gasteiger partial charge on any atom is -0.313 e. The van der Waals surface area contributed by atoms with Gasteiger partial charge in [0.25, 0.3) is 0 Å². The lowest BCUT2D eigenvalue weighted by Gasteiger charge is -2.21. The number of likely N-dealkylation sites (N-methyl/N-ethyl adjacent to an activating group) is 1. The molecule has 1 atom stereocenters. The summed E-state index contributed by atoms with van der Waals surface area (Å²) in [6, 6.07) is 9.54. The number of hydrogen-bond donors (Lipinski definition) is 1. The molecule has 2 rings (SSSR count). The van der Waals surface area contributed by atoms with Gasteiger partial charge in [-0.25, -0.2) is 0 Å². The molecular formula is C16H27N3. The topological polar surface area (TPSA) is 18.5 Å². The molecule has 3 heteroatoms. The average Bonchev–Trinajstić information content (AvgIpc) is 2.86. The summed E-state index contributed by atoms with van der Waals surface area (Å²) in [6.45, 7) is 7.68. The van der Waals surface area contributed by atoms with Gasteiger partial charge in [-0.2, -0.15) is 0 Å². The van der Waals surface area contributed by atoms with Gasteiger partial charge in [-0.05, 0) is 38.2 Å². The number of nitrogens with zero attached hydrogens (tertiary/aromatic N) is 2. The van der Waals surface area contributed by atoms with Crippen LogP contribution in [-0.4, -0.2) is 49.6 Å². The Kier molecular flexibility index (Phi) is 5.37. The van der Waals surface area contributed by atoms with Crippen molar-refractivity contribution in [2.24, 2.45) is 0 Å². The molecule has 1 aromatic rings. The largest absolute Gasteiger partial charge is 0.313 e. The average molecular weight is 261 g/mol. The number of nitrogens with one attached hydrogen (secondary N) is 1. The van der Waals surface area contributed by atoms with Gasteiger partial charge >= 0.3 is 0 Å². The molecule has 1 aromatic carbocycles. The minimum absolute atomic E-state index is 0.723. The zero-order valence-electron chi connectivity index (χ0n) is 12.5. The summed E-state index contributed by atoms with van der Waals surface area (Å²) in [4.78, 5) is 4.93. The van der Waals surface area contributed by atoms with Crippen LogP contribution in [0.4, 0.5) is 0 Å². The normalized spacial score (nSPS) is 20.3. The van der Waals surface area contributed by atoms with Crippen molar-refractivity contribution < 1.29 is 0 Å². The van der Waals surface area contributed by atoms with Gasteiger partial charge in [0.2, 0.25) is 0 Å². The third kappa shape index (κ3) is 4.03. The molecule has 1 N–H and O–H groups in total. The van der Waals surface area contributed by atoms with Gasteiger partial charge < -0.3 is 10.2 Å². The molecule has 19 heavy (non-hydrogen) atoms. The van der Waals surface area contributed by atoms with E-state index < -0.39 is 0 Å². The summed E-state index contributed by atoms with van der Waals surface area (Å²) in [5.41, 5.74) is 2.92. The predicted octanol–water partition coefficient (Wildman–Crippen LogP) is 1.93. The second-order valence-corrected chi connectivity index (χ2v) is 5.69. The first kappa shape index (κ1) is 14.5. The fraction of sp³-hybridized carbons (Fsp3) is 0.625. The molecular weight excluding hydrogens is 234 g/mol. The fourth-order valence-corrected chi connectivity index (χ4v) is 2.76. The maximum atomic E-state index is 3.43. The number of benzene rings is 1. The smallest absolute Gasteiger partial charge is 0.0237 e. The molecule has 0 radical (unpaired) electrons. The van der Waals surface area contributed by atoms with Crippen LogP contribution in [0.15, 0.2) is 24.3 Å². The molecule has 1 aliphatic rings. The van der Waals surface area contributed by atoms with Crippen molar-refractivity contribution in [3.63, 3.8) is 0 Å². The van der Waals surface area contributed by atoms with Gasteiger partial charge in [-0.3, -0.25) is 4.90 Å². The van der Waals surface area contributed by atoms with Crippen LogP contribution in [0.2, 0.25) is 0 Å². The first-order chi connectivity index (χ1) is 9.20. The molecule has 0 saturated carbocycles. The molecule has 1 fully saturated rings. The predicted molar refractivity (Wildman–Crippen MR) is 81.2 cm³/mol. The highest BCUT2D eigenvalue weighted by atomic mass is 15.2. The molecule has 0 aromatic heterocycles. The first-order valence-electron chi connectivity index (χ1n) is 7.37. The molecule has 1 heterocycles. The van der Waals surface area contributed by atoms with Crippen molar-refractivity contribution >= 4 is 0 Å². The second kappa shape index (κ2) is 7.04. The van der Waals surface area contributed by atoms with Crippen LogP contribution in [0, 0.1) is 0 Å². The monoisotopic (exact) mass is 261 g/mol. The van der Waals surface area contributed by atoms with E-state index in [0.717, 1.165) is 25.7 Å². The van der Waals surface area contributed by atoms with E-state index in [9.17, 15) is 0 Å². The fourth-order valence-electron chi connectivity index (χ4n) is 2.76. The summed E-state index contributed by atoms with van der Waals surface area (Å²) >= 11 is 0. The summed E-state index contributed by atoms with van der Waals surface area (Å²) in [5, 5.41) is 3.43. The van der Waals surface area contributed by atoms with Crippen molar-refractivity contribution in [2.75, 3.05) is 33.7 Å². The van der Waals surface area contributed by atoms with Gasteiger partial charge in [0, 0.05) is 32.2 Å². The Balaban J connectivity index is 1.95. The Labute approximate surface area is 117 Å². The summed E-state index contributed by atoms with van der Waals surface area (Å²) < 4.78 is 0. The lowest BCUT2D eigenvalue weighted by Crippen LogP contribution is -2.31. The van der Waals surface area contributed by atoms with Crippen LogP contribution in [0.25, 0.3) is 0 Å². The molecule has 1 unspecified atom stereocenters. The minimum atomic E-state index is 0.723. The van der Waals surface area contributed by atoms with Crippen LogP contribution in [0.5, 0.6) is 0 Å². The highest BCUT2D eigenvalue weighted by Crippen LogP contribution is 2.18. The van der Waals surface area contributed by atoms with Crippen LogP contribution < -0.4 is 5.32 Å². The van der Waals surface area contributed by atoms with E-state index in [2.05, 4.69) is 60.4 Å². The quantitative estimate of drug-likeness (QED) is 0.844. The van der Waals surface area contributed by atoms with Crippen LogP contribution in [0.1, 0.15) is 24.5 Å². The van der Waals surface area contributed by atoms with Crippen LogP contribution in [0.3, 0.4) is 0 Å². The molecule has 3 nitrogen and oxygen atoms in total. The van der Waals surface area contributed by atoms with Crippen molar-refractivity contribution in [3.05, 3.63) is 35.4 Å². The second-order valence-electron chi connectivity index (χ2n) is 5.69. The van der Waals surface area contributed by atoms with Crippen LogP contribution >= 0.6 is 0 Å². The maximum Gasteiger partial charge on any atom is 0.0237 e. The van der Waals surface area contributed by atoms with E-state index >= 15 is 0 Å². The first-order valence-corrected chi connectivity index (χ1v) is 7.37. The molecule has 0 aliphatic carbocycles. The van der Waals surface area contributed by atoms with Crippen molar-refractivity contribution in [1.29, 1.82) is 0 Å². The highest BCUT2D eigenvalue weighted by Gasteiger charge is 2.24. The third-order valence-electron chi connectivity index (χ3n) is 4.06. The maximum absolute atomic E-state index is 3.43. The van der Waals surface area contributed by atoms with E-state index in [1.54, 1.807) is 0 Å². The Bertz CT molecular complexity index is 389. The van der Waals surface area contributed by atoms with Crippen LogP contribution in [-0.2, 0) is 13.1 Å². The van der Waals surface area contributed by atoms with E-state index in [1.165, 1.54) is 30.6 Å². The Morgan fingerprint density at radius 3 is 2.63 bits per heavy atom. The van der Waals surface area contributed by atoms with Crippen molar-refractivity contribution in [2.45, 2.75) is 32.5 Å². The van der Waals surface area contributed by atoms with Gasteiger partial charge in [0.15, 0.2) is 0 Å². The van der Waals surface area contributed by atoms with Gasteiger partial charge in [0.1, 0.15) is 0 Å². The molecule has 0 amide bonds. The van der Waals surface area contributed by atoms with E-state index in [0.29, 0.717) is 0 Å². The number of hydrogen-bond acceptors (Lipinski definition) is 3. The Morgan fingerprint density at radius 1 is 1.26 bits per heavy atom. The standard InChI is InChI=1S/C16H27N3/c1-4-17-11-14-7-5-6-8-15(14)12-19-10-9-16(13-19)18(2)3/h5-8,16-17H,4,9-13H2,1-3H3. The van der Waals surface area contributed by atoms with Crippen molar-refractivity contribution in [1.82, 2.24) is 15.1 Å². The lowest BCUT2D eigenvalue weighted by atomic mass is 10.1. The summed E-state index contributed by atoms with van der Waals surface area (Å²) in [7, 11) is 4.38. The van der Waals surface area contributed by atoms with Gasteiger partial charge in [-0.15, -0.1) is 0 Å². The SMILES string of the molecule is CCNCc1ccccc1CN1CCC(N(C)C)C1. The van der Waals surface area contributed by atoms with Crippen molar-refractivity contribution in [3.8, 4) is 0 Å². The zero-order chi connectivity index (χ0) is 13.7. The van der Waals surface area contributed by atoms with Gasteiger partial charge in [0.05, 0.1) is 0 Å². The molecule has 0 spiro atoms. The molecule has 0 bridgehead atoms. The summed E-state index contributed by atoms with van der Waals surface area (Å²) in [5.74, 6) is 0. The molecule has 1 aliphatic heterocycles. The number of likely N-dealkylation sites (tertiary alicyclic amines) is 1. The van der Waals surface area contributed by atoms with E-state index in [4.69, 9.17) is 0 Å². The van der Waals surface area contributed by atoms with E-state index in [-0.39, 0.29) is 0 Å². The van der Waals surface area contributed by atoms with E-state index in [1.807, 2.05) is 0 Å². The van der Waals surface area contributed by atoms with Gasteiger partial charge in [-0.1, -0.05) is 31.2 Å². The molecule has 106 valence electrons.